The van der Waals surface area contributed by atoms with Crippen LogP contribution in [0.3, 0.4) is 0 Å². The summed E-state index contributed by atoms with van der Waals surface area (Å²) in [6.07, 6.45) is 7.09. The Balaban J connectivity index is 1.67. The van der Waals surface area contributed by atoms with Crippen LogP contribution in [-0.2, 0) is 4.79 Å². The van der Waals surface area contributed by atoms with Crippen molar-refractivity contribution in [3.8, 4) is 0 Å². The van der Waals surface area contributed by atoms with Crippen LogP contribution < -0.4 is 5.32 Å². The maximum absolute atomic E-state index is 11.5. The standard InChI is InChI=1S/C17H32N2O2/c1-13(2)18-17(3,16(20)21)9-4-5-10-19-11-14-7-6-8-15(14)12-19/h13-15,18H,4-12H2,1-3H3,(H,20,21). The molecule has 3 atom stereocenters. The molecule has 4 nitrogen and oxygen atoms in total. The second-order valence-electron chi connectivity index (χ2n) is 7.60. The zero-order chi connectivity index (χ0) is 15.5. The van der Waals surface area contributed by atoms with E-state index in [1.807, 2.05) is 20.8 Å². The van der Waals surface area contributed by atoms with Gasteiger partial charge in [0.1, 0.15) is 5.54 Å². The molecule has 2 aliphatic rings. The first-order chi connectivity index (χ1) is 9.90. The first kappa shape index (κ1) is 16.8. The van der Waals surface area contributed by atoms with Crippen LogP contribution in [0.4, 0.5) is 0 Å². The zero-order valence-electron chi connectivity index (χ0n) is 13.9. The molecule has 2 fully saturated rings. The monoisotopic (exact) mass is 296 g/mol. The minimum absolute atomic E-state index is 0.198. The van der Waals surface area contributed by atoms with E-state index in [0.29, 0.717) is 6.42 Å². The van der Waals surface area contributed by atoms with Crippen LogP contribution in [0.25, 0.3) is 0 Å². The largest absolute Gasteiger partial charge is 0.480 e. The highest BCUT2D eigenvalue weighted by atomic mass is 16.4. The number of hydrogen-bond donors (Lipinski definition) is 2. The molecule has 2 N–H and O–H groups in total. The normalized spacial score (nSPS) is 28.8. The summed E-state index contributed by atoms with van der Waals surface area (Å²) in [4.78, 5) is 14.1. The molecular formula is C17H32N2O2. The number of carboxylic acid groups (broad SMARTS) is 1. The third-order valence-electron chi connectivity index (χ3n) is 5.28. The summed E-state index contributed by atoms with van der Waals surface area (Å²) in [5, 5.41) is 12.6. The van der Waals surface area contributed by atoms with Crippen LogP contribution in [0.5, 0.6) is 0 Å². The van der Waals surface area contributed by atoms with Gasteiger partial charge in [0, 0.05) is 19.1 Å². The van der Waals surface area contributed by atoms with Crippen molar-refractivity contribution in [2.24, 2.45) is 11.8 Å². The van der Waals surface area contributed by atoms with Crippen molar-refractivity contribution in [3.05, 3.63) is 0 Å². The van der Waals surface area contributed by atoms with Crippen molar-refractivity contribution in [1.29, 1.82) is 0 Å². The number of carbonyl (C=O) groups is 1. The summed E-state index contributed by atoms with van der Waals surface area (Å²) in [6, 6.07) is 0.198. The van der Waals surface area contributed by atoms with E-state index >= 15 is 0 Å². The van der Waals surface area contributed by atoms with Crippen LogP contribution in [0.2, 0.25) is 0 Å². The van der Waals surface area contributed by atoms with E-state index in [0.717, 1.165) is 31.2 Å². The summed E-state index contributed by atoms with van der Waals surface area (Å²) in [5.74, 6) is 1.18. The minimum Gasteiger partial charge on any atom is -0.480 e. The molecule has 0 aromatic rings. The first-order valence-electron chi connectivity index (χ1n) is 8.64. The van der Waals surface area contributed by atoms with E-state index in [-0.39, 0.29) is 6.04 Å². The molecule has 0 aromatic carbocycles. The number of aliphatic carboxylic acids is 1. The Morgan fingerprint density at radius 3 is 2.43 bits per heavy atom. The van der Waals surface area contributed by atoms with E-state index < -0.39 is 11.5 Å². The molecule has 0 aromatic heterocycles. The van der Waals surface area contributed by atoms with Gasteiger partial charge in [-0.1, -0.05) is 6.42 Å². The van der Waals surface area contributed by atoms with Crippen LogP contribution in [0.15, 0.2) is 0 Å². The summed E-state index contributed by atoms with van der Waals surface area (Å²) in [6.45, 7) is 9.53. The Morgan fingerprint density at radius 1 is 1.29 bits per heavy atom. The Hall–Kier alpha value is -0.610. The Kier molecular flexibility index (Phi) is 5.67. The third kappa shape index (κ3) is 4.43. The van der Waals surface area contributed by atoms with E-state index in [4.69, 9.17) is 0 Å². The van der Waals surface area contributed by atoms with Gasteiger partial charge >= 0.3 is 5.97 Å². The maximum Gasteiger partial charge on any atom is 0.323 e. The molecule has 1 aliphatic heterocycles. The number of nitrogens with zero attached hydrogens (tertiary/aromatic N) is 1. The van der Waals surface area contributed by atoms with Gasteiger partial charge in [-0.25, -0.2) is 0 Å². The highest BCUT2D eigenvalue weighted by molar-refractivity contribution is 5.78. The molecule has 4 heteroatoms. The SMILES string of the molecule is CC(C)NC(C)(CCCCN1CC2CCCC2C1)C(=O)O. The molecule has 0 amide bonds. The highest BCUT2D eigenvalue weighted by Gasteiger charge is 2.36. The molecule has 1 heterocycles. The molecule has 0 radical (unpaired) electrons. The van der Waals surface area contributed by atoms with Crippen LogP contribution >= 0.6 is 0 Å². The third-order valence-corrected chi connectivity index (χ3v) is 5.28. The van der Waals surface area contributed by atoms with E-state index in [9.17, 15) is 9.90 Å². The Labute approximate surface area is 129 Å². The van der Waals surface area contributed by atoms with Crippen molar-refractivity contribution in [1.82, 2.24) is 10.2 Å². The van der Waals surface area contributed by atoms with Crippen LogP contribution in [0, 0.1) is 11.8 Å². The summed E-state index contributed by atoms with van der Waals surface area (Å²) in [5.41, 5.74) is -0.782. The lowest BCUT2D eigenvalue weighted by molar-refractivity contribution is -0.144. The lowest BCUT2D eigenvalue weighted by Gasteiger charge is -2.29. The number of fused-ring (bicyclic) bond motifs is 1. The average Bonchev–Trinajstić information content (AvgIpc) is 2.94. The summed E-state index contributed by atoms with van der Waals surface area (Å²) < 4.78 is 0. The van der Waals surface area contributed by atoms with Gasteiger partial charge in [-0.05, 0) is 71.3 Å². The van der Waals surface area contributed by atoms with Crippen molar-refractivity contribution >= 4 is 5.97 Å². The number of unbranched alkanes of at least 4 members (excludes halogenated alkanes) is 1. The minimum atomic E-state index is -0.782. The fraction of sp³-hybridized carbons (Fsp3) is 0.941. The number of hydrogen-bond acceptors (Lipinski definition) is 3. The molecule has 1 aliphatic carbocycles. The number of carboxylic acids is 1. The van der Waals surface area contributed by atoms with Crippen LogP contribution in [0.1, 0.15) is 59.3 Å². The topological polar surface area (TPSA) is 52.6 Å². The van der Waals surface area contributed by atoms with Gasteiger partial charge in [0.25, 0.3) is 0 Å². The van der Waals surface area contributed by atoms with Crippen molar-refractivity contribution < 1.29 is 9.90 Å². The van der Waals surface area contributed by atoms with E-state index in [1.54, 1.807) is 0 Å². The summed E-state index contributed by atoms with van der Waals surface area (Å²) >= 11 is 0. The van der Waals surface area contributed by atoms with Gasteiger partial charge in [-0.3, -0.25) is 10.1 Å². The fourth-order valence-electron chi connectivity index (χ4n) is 4.21. The average molecular weight is 296 g/mol. The van der Waals surface area contributed by atoms with Gasteiger partial charge in [0.15, 0.2) is 0 Å². The molecule has 0 bridgehead atoms. The lowest BCUT2D eigenvalue weighted by atomic mass is 9.94. The summed E-state index contributed by atoms with van der Waals surface area (Å²) in [7, 11) is 0. The molecule has 0 spiro atoms. The predicted molar refractivity (Wildman–Crippen MR) is 85.4 cm³/mol. The second kappa shape index (κ2) is 7.10. The van der Waals surface area contributed by atoms with Crippen molar-refractivity contribution in [2.45, 2.75) is 70.9 Å². The lowest BCUT2D eigenvalue weighted by Crippen LogP contribution is -2.52. The van der Waals surface area contributed by atoms with Gasteiger partial charge in [0.05, 0.1) is 0 Å². The molecule has 122 valence electrons. The smallest absolute Gasteiger partial charge is 0.323 e. The van der Waals surface area contributed by atoms with Crippen LogP contribution in [-0.4, -0.2) is 47.2 Å². The Morgan fingerprint density at radius 2 is 1.90 bits per heavy atom. The van der Waals surface area contributed by atoms with Gasteiger partial charge in [0.2, 0.25) is 0 Å². The molecule has 2 rings (SSSR count). The molecule has 3 unspecified atom stereocenters. The van der Waals surface area contributed by atoms with E-state index in [2.05, 4.69) is 10.2 Å². The first-order valence-corrected chi connectivity index (χ1v) is 8.64. The highest BCUT2D eigenvalue weighted by Crippen LogP contribution is 2.37. The molecule has 21 heavy (non-hydrogen) atoms. The quantitative estimate of drug-likeness (QED) is 0.676. The number of likely N-dealkylation sites (tertiary alicyclic amines) is 1. The Bertz CT molecular complexity index is 347. The van der Waals surface area contributed by atoms with Gasteiger partial charge in [-0.2, -0.15) is 0 Å². The van der Waals surface area contributed by atoms with Crippen molar-refractivity contribution in [3.63, 3.8) is 0 Å². The van der Waals surface area contributed by atoms with Gasteiger partial charge in [-0.15, -0.1) is 0 Å². The molecular weight excluding hydrogens is 264 g/mol. The fourth-order valence-corrected chi connectivity index (χ4v) is 4.21. The van der Waals surface area contributed by atoms with Gasteiger partial charge < -0.3 is 10.0 Å². The molecule has 1 saturated carbocycles. The predicted octanol–water partition coefficient (Wildman–Crippen LogP) is 2.73. The maximum atomic E-state index is 11.5. The van der Waals surface area contributed by atoms with E-state index in [1.165, 1.54) is 32.4 Å². The molecule has 1 saturated heterocycles. The van der Waals surface area contributed by atoms with Crippen molar-refractivity contribution in [2.75, 3.05) is 19.6 Å². The number of nitrogens with one attached hydrogen (secondary N) is 1. The number of rotatable bonds is 8. The zero-order valence-corrected chi connectivity index (χ0v) is 13.9. The second-order valence-corrected chi connectivity index (χ2v) is 7.60.